The van der Waals surface area contributed by atoms with Crippen molar-refractivity contribution in [1.29, 1.82) is 0 Å². The van der Waals surface area contributed by atoms with E-state index in [1.54, 1.807) is 22.1 Å². The van der Waals surface area contributed by atoms with Gasteiger partial charge in [-0.15, -0.1) is 11.3 Å². The number of hydrogen-bond acceptors (Lipinski definition) is 5. The number of aryl methyl sites for hydroxylation is 1. The molecular formula is C12H15IN4OS. The predicted octanol–water partition coefficient (Wildman–Crippen LogP) is 2.48. The molecule has 2 aromatic heterocycles. The van der Waals surface area contributed by atoms with Crippen molar-refractivity contribution >= 4 is 39.1 Å². The third kappa shape index (κ3) is 3.53. The van der Waals surface area contributed by atoms with Crippen LogP contribution in [0.25, 0.3) is 0 Å². The minimum absolute atomic E-state index is 0.00423. The molecule has 19 heavy (non-hydrogen) atoms. The summed E-state index contributed by atoms with van der Waals surface area (Å²) in [5.41, 5.74) is 0.00423. The molecule has 0 saturated heterocycles. The number of rotatable bonds is 5. The topological polar surface area (TPSA) is 59.8 Å². The highest BCUT2D eigenvalue weighted by molar-refractivity contribution is 14.1. The molecule has 0 amide bonds. The molecule has 2 aromatic rings. The second-order valence-electron chi connectivity index (χ2n) is 4.10. The van der Waals surface area contributed by atoms with Gasteiger partial charge in [0.25, 0.3) is 5.56 Å². The van der Waals surface area contributed by atoms with Crippen LogP contribution in [0.5, 0.6) is 0 Å². The first-order valence-electron chi connectivity index (χ1n) is 6.02. The van der Waals surface area contributed by atoms with Gasteiger partial charge in [-0.3, -0.25) is 9.36 Å². The van der Waals surface area contributed by atoms with Gasteiger partial charge >= 0.3 is 0 Å². The summed E-state index contributed by atoms with van der Waals surface area (Å²) in [6.45, 7) is 5.40. The number of thiazole rings is 1. The summed E-state index contributed by atoms with van der Waals surface area (Å²) in [5, 5.41) is 4.15. The Hall–Kier alpha value is -0.960. The van der Waals surface area contributed by atoms with Crippen LogP contribution < -0.4 is 10.9 Å². The minimum atomic E-state index is 0.00423. The van der Waals surface area contributed by atoms with Gasteiger partial charge in [-0.1, -0.05) is 6.92 Å². The molecular weight excluding hydrogens is 375 g/mol. The number of nitrogens with zero attached hydrogens (tertiary/aromatic N) is 3. The second kappa shape index (κ2) is 6.47. The molecule has 7 heteroatoms. The first-order chi connectivity index (χ1) is 9.11. The van der Waals surface area contributed by atoms with E-state index in [0.717, 1.165) is 28.8 Å². The van der Waals surface area contributed by atoms with E-state index in [-0.39, 0.29) is 5.56 Å². The number of halogens is 1. The van der Waals surface area contributed by atoms with E-state index in [2.05, 4.69) is 22.2 Å². The number of anilines is 1. The van der Waals surface area contributed by atoms with Crippen molar-refractivity contribution in [2.75, 3.05) is 11.9 Å². The maximum Gasteiger partial charge on any atom is 0.267 e. The molecule has 0 aliphatic rings. The van der Waals surface area contributed by atoms with Crippen molar-refractivity contribution in [2.24, 2.45) is 0 Å². The monoisotopic (exact) mass is 390 g/mol. The molecule has 0 fully saturated rings. The van der Waals surface area contributed by atoms with Gasteiger partial charge < -0.3 is 5.32 Å². The van der Waals surface area contributed by atoms with Crippen LogP contribution in [0.4, 0.5) is 5.13 Å². The Bertz CT molecular complexity index is 622. The molecule has 2 heterocycles. The standard InChI is InChI=1S/C12H15IN4OS/c1-3-4-14-12-16-5-9(19-12)7-17-8(2)15-6-10(13)11(17)18/h5-6H,3-4,7H2,1-2H3,(H,14,16). The van der Waals surface area contributed by atoms with Crippen LogP contribution in [-0.4, -0.2) is 21.1 Å². The third-order valence-corrected chi connectivity index (χ3v) is 4.28. The lowest BCUT2D eigenvalue weighted by Gasteiger charge is -2.07. The molecule has 2 rings (SSSR count). The number of hydrogen-bond donors (Lipinski definition) is 1. The Balaban J connectivity index is 2.20. The first-order valence-corrected chi connectivity index (χ1v) is 7.92. The summed E-state index contributed by atoms with van der Waals surface area (Å²) in [6, 6.07) is 0. The van der Waals surface area contributed by atoms with E-state index in [1.807, 2.05) is 35.7 Å². The summed E-state index contributed by atoms with van der Waals surface area (Å²) < 4.78 is 2.32. The quantitative estimate of drug-likeness (QED) is 0.798. The van der Waals surface area contributed by atoms with Crippen LogP contribution in [0, 0.1) is 10.5 Å². The number of nitrogens with one attached hydrogen (secondary N) is 1. The molecule has 5 nitrogen and oxygen atoms in total. The Labute approximate surface area is 129 Å². The Morgan fingerprint density at radius 3 is 2.95 bits per heavy atom. The highest BCUT2D eigenvalue weighted by Crippen LogP contribution is 2.18. The molecule has 0 atom stereocenters. The van der Waals surface area contributed by atoms with Crippen molar-refractivity contribution in [1.82, 2.24) is 14.5 Å². The zero-order valence-corrected chi connectivity index (χ0v) is 13.8. The van der Waals surface area contributed by atoms with Crippen LogP contribution in [0.2, 0.25) is 0 Å². The second-order valence-corrected chi connectivity index (χ2v) is 6.38. The van der Waals surface area contributed by atoms with Crippen LogP contribution in [0.1, 0.15) is 24.0 Å². The molecule has 0 saturated carbocycles. The van der Waals surface area contributed by atoms with E-state index in [4.69, 9.17) is 0 Å². The fourth-order valence-electron chi connectivity index (χ4n) is 1.59. The van der Waals surface area contributed by atoms with Gasteiger partial charge in [0, 0.05) is 23.8 Å². The maximum atomic E-state index is 12.1. The fourth-order valence-corrected chi connectivity index (χ4v) is 2.84. The normalized spacial score (nSPS) is 10.7. The Morgan fingerprint density at radius 2 is 2.21 bits per heavy atom. The molecule has 0 aliphatic carbocycles. The molecule has 0 aromatic carbocycles. The van der Waals surface area contributed by atoms with Crippen molar-refractivity contribution in [3.8, 4) is 0 Å². The van der Waals surface area contributed by atoms with Crippen LogP contribution in [0.3, 0.4) is 0 Å². The average molecular weight is 390 g/mol. The molecule has 0 unspecified atom stereocenters. The van der Waals surface area contributed by atoms with Crippen LogP contribution in [0.15, 0.2) is 17.2 Å². The Kier molecular flexibility index (Phi) is 4.92. The van der Waals surface area contributed by atoms with Crippen molar-refractivity contribution in [2.45, 2.75) is 26.8 Å². The van der Waals surface area contributed by atoms with Gasteiger partial charge in [0.05, 0.1) is 10.1 Å². The summed E-state index contributed by atoms with van der Waals surface area (Å²) in [7, 11) is 0. The van der Waals surface area contributed by atoms with E-state index in [1.165, 1.54) is 0 Å². The summed E-state index contributed by atoms with van der Waals surface area (Å²) in [4.78, 5) is 21.6. The highest BCUT2D eigenvalue weighted by Gasteiger charge is 2.08. The average Bonchev–Trinajstić information content (AvgIpc) is 2.84. The van der Waals surface area contributed by atoms with E-state index in [0.29, 0.717) is 10.1 Å². The molecule has 0 bridgehead atoms. The summed E-state index contributed by atoms with van der Waals surface area (Å²) in [5.74, 6) is 0.724. The van der Waals surface area contributed by atoms with Gasteiger partial charge in [0.2, 0.25) is 0 Å². The van der Waals surface area contributed by atoms with Crippen LogP contribution >= 0.6 is 33.9 Å². The molecule has 102 valence electrons. The van der Waals surface area contributed by atoms with Crippen molar-refractivity contribution in [3.05, 3.63) is 37.0 Å². The third-order valence-electron chi connectivity index (χ3n) is 2.60. The largest absolute Gasteiger partial charge is 0.362 e. The SMILES string of the molecule is CCCNc1ncc(Cn2c(C)ncc(I)c2=O)s1. The zero-order valence-electron chi connectivity index (χ0n) is 10.8. The molecule has 0 radical (unpaired) electrons. The lowest BCUT2D eigenvalue weighted by molar-refractivity contribution is 0.701. The van der Waals surface area contributed by atoms with Gasteiger partial charge in [0.1, 0.15) is 5.82 Å². The lowest BCUT2D eigenvalue weighted by Crippen LogP contribution is -2.25. The summed E-state index contributed by atoms with van der Waals surface area (Å²) in [6.07, 6.45) is 4.48. The minimum Gasteiger partial charge on any atom is -0.362 e. The van der Waals surface area contributed by atoms with E-state index >= 15 is 0 Å². The number of aromatic nitrogens is 3. The van der Waals surface area contributed by atoms with Gasteiger partial charge in [-0.25, -0.2) is 9.97 Å². The highest BCUT2D eigenvalue weighted by atomic mass is 127. The molecule has 0 aliphatic heterocycles. The van der Waals surface area contributed by atoms with Crippen LogP contribution in [-0.2, 0) is 6.54 Å². The predicted molar refractivity (Wildman–Crippen MR) is 85.9 cm³/mol. The molecule has 0 spiro atoms. The fraction of sp³-hybridized carbons (Fsp3) is 0.417. The van der Waals surface area contributed by atoms with E-state index in [9.17, 15) is 4.79 Å². The maximum absolute atomic E-state index is 12.1. The first kappa shape index (κ1) is 14.4. The van der Waals surface area contributed by atoms with Gasteiger partial charge in [0.15, 0.2) is 5.13 Å². The van der Waals surface area contributed by atoms with Gasteiger partial charge in [-0.2, -0.15) is 0 Å². The van der Waals surface area contributed by atoms with Gasteiger partial charge in [-0.05, 0) is 35.9 Å². The lowest BCUT2D eigenvalue weighted by atomic mass is 10.4. The zero-order chi connectivity index (χ0) is 13.8. The molecule has 1 N–H and O–H groups in total. The summed E-state index contributed by atoms with van der Waals surface area (Å²) >= 11 is 3.59. The smallest absolute Gasteiger partial charge is 0.267 e. The van der Waals surface area contributed by atoms with E-state index < -0.39 is 0 Å². The van der Waals surface area contributed by atoms with Crippen molar-refractivity contribution in [3.63, 3.8) is 0 Å². The van der Waals surface area contributed by atoms with Crippen molar-refractivity contribution < 1.29 is 0 Å². The Morgan fingerprint density at radius 1 is 1.42 bits per heavy atom.